The Morgan fingerprint density at radius 1 is 1.44 bits per heavy atom. The molecule has 0 aliphatic carbocycles. The van der Waals surface area contributed by atoms with Gasteiger partial charge in [0.05, 0.1) is 6.20 Å². The Labute approximate surface area is 92.9 Å². The molecule has 1 aromatic carbocycles. The molecule has 0 bridgehead atoms. The molecule has 0 spiro atoms. The molecule has 0 saturated heterocycles. The standard InChI is InChI=1S/C11H13FN4/c1-16-7-8(6-15-16)5-14-11-3-9(12)2-10(13)4-11/h2-4,6-7,14H,5,13H2,1H3. The van der Waals surface area contributed by atoms with E-state index in [2.05, 4.69) is 10.4 Å². The van der Waals surface area contributed by atoms with E-state index >= 15 is 0 Å². The van der Waals surface area contributed by atoms with E-state index in [0.717, 1.165) is 5.56 Å². The molecule has 0 amide bonds. The molecular formula is C11H13FN4. The van der Waals surface area contributed by atoms with Crippen LogP contribution in [0.2, 0.25) is 0 Å². The Balaban J connectivity index is 2.04. The van der Waals surface area contributed by atoms with Gasteiger partial charge in [-0.1, -0.05) is 0 Å². The number of nitrogen functional groups attached to an aromatic ring is 1. The van der Waals surface area contributed by atoms with Crippen molar-refractivity contribution in [3.05, 3.63) is 42.0 Å². The fraction of sp³-hybridized carbons (Fsp3) is 0.182. The van der Waals surface area contributed by atoms with Gasteiger partial charge in [-0.15, -0.1) is 0 Å². The third kappa shape index (κ3) is 2.50. The molecule has 2 rings (SSSR count). The molecule has 0 unspecified atom stereocenters. The number of anilines is 2. The molecule has 0 aliphatic heterocycles. The van der Waals surface area contributed by atoms with Gasteiger partial charge >= 0.3 is 0 Å². The summed E-state index contributed by atoms with van der Waals surface area (Å²) in [5.41, 5.74) is 7.65. The van der Waals surface area contributed by atoms with Crippen LogP contribution in [0.25, 0.3) is 0 Å². The first-order valence-electron chi connectivity index (χ1n) is 4.91. The Bertz CT molecular complexity index is 472. The molecule has 0 fully saturated rings. The van der Waals surface area contributed by atoms with Gasteiger partial charge < -0.3 is 11.1 Å². The quantitative estimate of drug-likeness (QED) is 0.775. The molecule has 84 valence electrons. The number of benzene rings is 1. The van der Waals surface area contributed by atoms with Crippen molar-refractivity contribution < 1.29 is 4.39 Å². The van der Waals surface area contributed by atoms with E-state index in [-0.39, 0.29) is 5.82 Å². The zero-order chi connectivity index (χ0) is 11.5. The van der Waals surface area contributed by atoms with Crippen molar-refractivity contribution in [2.24, 2.45) is 7.05 Å². The zero-order valence-corrected chi connectivity index (χ0v) is 8.94. The summed E-state index contributed by atoms with van der Waals surface area (Å²) in [6.45, 7) is 0.594. The van der Waals surface area contributed by atoms with Crippen molar-refractivity contribution in [3.8, 4) is 0 Å². The lowest BCUT2D eigenvalue weighted by atomic mass is 10.2. The first-order chi connectivity index (χ1) is 7.63. The molecule has 1 heterocycles. The summed E-state index contributed by atoms with van der Waals surface area (Å²) in [5, 5.41) is 7.12. The minimum Gasteiger partial charge on any atom is -0.399 e. The third-order valence-electron chi connectivity index (χ3n) is 2.18. The maximum absolute atomic E-state index is 13.0. The molecular weight excluding hydrogens is 207 g/mol. The molecule has 0 radical (unpaired) electrons. The Kier molecular flexibility index (Phi) is 2.76. The smallest absolute Gasteiger partial charge is 0.127 e. The van der Waals surface area contributed by atoms with Gasteiger partial charge in [0.1, 0.15) is 5.82 Å². The van der Waals surface area contributed by atoms with Gasteiger partial charge in [0, 0.05) is 36.7 Å². The van der Waals surface area contributed by atoms with E-state index in [1.165, 1.54) is 12.1 Å². The molecule has 16 heavy (non-hydrogen) atoms. The van der Waals surface area contributed by atoms with Gasteiger partial charge in [-0.25, -0.2) is 4.39 Å². The summed E-state index contributed by atoms with van der Waals surface area (Å²) >= 11 is 0. The maximum Gasteiger partial charge on any atom is 0.127 e. The van der Waals surface area contributed by atoms with E-state index in [9.17, 15) is 4.39 Å². The maximum atomic E-state index is 13.0. The topological polar surface area (TPSA) is 55.9 Å². The first-order valence-corrected chi connectivity index (χ1v) is 4.91. The van der Waals surface area contributed by atoms with Crippen molar-refractivity contribution in [1.29, 1.82) is 0 Å². The Morgan fingerprint density at radius 3 is 2.88 bits per heavy atom. The summed E-state index contributed by atoms with van der Waals surface area (Å²) in [6.07, 6.45) is 3.66. The summed E-state index contributed by atoms with van der Waals surface area (Å²) in [7, 11) is 1.85. The van der Waals surface area contributed by atoms with Gasteiger partial charge in [-0.3, -0.25) is 4.68 Å². The third-order valence-corrected chi connectivity index (χ3v) is 2.18. The van der Waals surface area contributed by atoms with Gasteiger partial charge in [0.25, 0.3) is 0 Å². The van der Waals surface area contributed by atoms with Crippen LogP contribution < -0.4 is 11.1 Å². The minimum atomic E-state index is -0.339. The lowest BCUT2D eigenvalue weighted by Gasteiger charge is -2.05. The van der Waals surface area contributed by atoms with Crippen molar-refractivity contribution in [2.45, 2.75) is 6.54 Å². The number of nitrogens with zero attached hydrogens (tertiary/aromatic N) is 2. The second-order valence-corrected chi connectivity index (χ2v) is 3.65. The number of nitrogens with two attached hydrogens (primary N) is 1. The van der Waals surface area contributed by atoms with E-state index in [1.54, 1.807) is 16.9 Å². The predicted molar refractivity (Wildman–Crippen MR) is 61.3 cm³/mol. The van der Waals surface area contributed by atoms with E-state index in [4.69, 9.17) is 5.73 Å². The predicted octanol–water partition coefficient (Wildman–Crippen LogP) is 1.75. The number of hydrogen-bond acceptors (Lipinski definition) is 3. The average molecular weight is 220 g/mol. The van der Waals surface area contributed by atoms with Gasteiger partial charge in [0.2, 0.25) is 0 Å². The molecule has 0 saturated carbocycles. The van der Waals surface area contributed by atoms with Crippen LogP contribution in [0.15, 0.2) is 30.6 Å². The lowest BCUT2D eigenvalue weighted by molar-refractivity contribution is 0.629. The SMILES string of the molecule is Cn1cc(CNc2cc(N)cc(F)c2)cn1. The summed E-state index contributed by atoms with van der Waals surface area (Å²) in [5.74, 6) is -0.339. The lowest BCUT2D eigenvalue weighted by Crippen LogP contribution is -2.00. The first kappa shape index (κ1) is 10.5. The van der Waals surface area contributed by atoms with Crippen LogP contribution in [0.3, 0.4) is 0 Å². The van der Waals surface area contributed by atoms with Crippen molar-refractivity contribution in [3.63, 3.8) is 0 Å². The number of hydrogen-bond donors (Lipinski definition) is 2. The van der Waals surface area contributed by atoms with Crippen LogP contribution in [0.5, 0.6) is 0 Å². The highest BCUT2D eigenvalue weighted by atomic mass is 19.1. The van der Waals surface area contributed by atoms with E-state index in [1.807, 2.05) is 13.2 Å². The highest BCUT2D eigenvalue weighted by Gasteiger charge is 1.99. The molecule has 0 aliphatic rings. The van der Waals surface area contributed by atoms with Crippen LogP contribution in [0.4, 0.5) is 15.8 Å². The fourth-order valence-corrected chi connectivity index (χ4v) is 1.48. The summed E-state index contributed by atoms with van der Waals surface area (Å²) in [4.78, 5) is 0. The molecule has 2 aromatic rings. The number of aryl methyl sites for hydroxylation is 1. The molecule has 1 aromatic heterocycles. The van der Waals surface area contributed by atoms with Crippen molar-refractivity contribution in [1.82, 2.24) is 9.78 Å². The van der Waals surface area contributed by atoms with Crippen molar-refractivity contribution in [2.75, 3.05) is 11.1 Å². The van der Waals surface area contributed by atoms with Crippen LogP contribution in [0.1, 0.15) is 5.56 Å². The number of aromatic nitrogens is 2. The highest BCUT2D eigenvalue weighted by Crippen LogP contribution is 2.16. The number of rotatable bonds is 3. The van der Waals surface area contributed by atoms with Gasteiger partial charge in [-0.2, -0.15) is 5.10 Å². The Morgan fingerprint density at radius 2 is 2.25 bits per heavy atom. The second-order valence-electron chi connectivity index (χ2n) is 3.65. The van der Waals surface area contributed by atoms with Gasteiger partial charge in [0.15, 0.2) is 0 Å². The van der Waals surface area contributed by atoms with E-state index in [0.29, 0.717) is 17.9 Å². The monoisotopic (exact) mass is 220 g/mol. The normalized spacial score (nSPS) is 10.4. The van der Waals surface area contributed by atoms with Gasteiger partial charge in [-0.05, 0) is 18.2 Å². The molecule has 0 atom stereocenters. The second kappa shape index (κ2) is 4.22. The summed E-state index contributed by atoms with van der Waals surface area (Å²) in [6, 6.07) is 4.39. The number of halogens is 1. The fourth-order valence-electron chi connectivity index (χ4n) is 1.48. The molecule has 3 N–H and O–H groups in total. The van der Waals surface area contributed by atoms with Crippen LogP contribution in [0, 0.1) is 5.82 Å². The zero-order valence-electron chi connectivity index (χ0n) is 8.94. The summed E-state index contributed by atoms with van der Waals surface area (Å²) < 4.78 is 14.7. The van der Waals surface area contributed by atoms with Crippen LogP contribution >= 0.6 is 0 Å². The largest absolute Gasteiger partial charge is 0.399 e. The van der Waals surface area contributed by atoms with Crippen LogP contribution in [-0.4, -0.2) is 9.78 Å². The van der Waals surface area contributed by atoms with Crippen molar-refractivity contribution >= 4 is 11.4 Å². The van der Waals surface area contributed by atoms with Crippen LogP contribution in [-0.2, 0) is 13.6 Å². The minimum absolute atomic E-state index is 0.339. The molecule has 4 nitrogen and oxygen atoms in total. The van der Waals surface area contributed by atoms with E-state index < -0.39 is 0 Å². The average Bonchev–Trinajstić information content (AvgIpc) is 2.60. The Hall–Kier alpha value is -2.04. The highest BCUT2D eigenvalue weighted by molar-refractivity contribution is 5.54. The number of nitrogens with one attached hydrogen (secondary N) is 1. The molecule has 5 heteroatoms.